The molecule has 0 aliphatic carbocycles. The number of aromatic nitrogens is 2. The van der Waals surface area contributed by atoms with Gasteiger partial charge < -0.3 is 10.1 Å². The molecule has 5 nitrogen and oxygen atoms in total. The number of hydrogen-bond acceptors (Lipinski definition) is 5. The number of nitrogens with one attached hydrogen (secondary N) is 1. The van der Waals surface area contributed by atoms with E-state index in [4.69, 9.17) is 16.3 Å². The largest absolute Gasteiger partial charge is 0.467 e. The van der Waals surface area contributed by atoms with Crippen LogP contribution in [0.25, 0.3) is 21.3 Å². The molecule has 22 heavy (non-hydrogen) atoms. The number of halogens is 1. The van der Waals surface area contributed by atoms with Crippen molar-refractivity contribution in [1.29, 1.82) is 0 Å². The van der Waals surface area contributed by atoms with Gasteiger partial charge in [-0.15, -0.1) is 11.3 Å². The number of carbonyl (C=O) groups excluding carboxylic acids is 1. The minimum absolute atomic E-state index is 0.0848. The van der Waals surface area contributed by atoms with Gasteiger partial charge in [0.1, 0.15) is 11.2 Å². The molecular formula is C15H12ClN3O2S. The van der Waals surface area contributed by atoms with Gasteiger partial charge in [-0.1, -0.05) is 23.7 Å². The van der Waals surface area contributed by atoms with Crippen molar-refractivity contribution in [3.63, 3.8) is 0 Å². The lowest BCUT2D eigenvalue weighted by molar-refractivity contribution is -0.122. The zero-order valence-corrected chi connectivity index (χ0v) is 13.2. The molecule has 1 aromatic carbocycles. The predicted molar refractivity (Wildman–Crippen MR) is 87.4 cm³/mol. The molecule has 0 spiro atoms. The van der Waals surface area contributed by atoms with E-state index >= 15 is 0 Å². The van der Waals surface area contributed by atoms with Crippen molar-refractivity contribution in [3.8, 4) is 17.0 Å². The van der Waals surface area contributed by atoms with E-state index in [0.717, 1.165) is 21.3 Å². The fraction of sp³-hybridized carbons (Fsp3) is 0.133. The maximum atomic E-state index is 11.4. The zero-order chi connectivity index (χ0) is 15.5. The van der Waals surface area contributed by atoms with Crippen molar-refractivity contribution in [2.75, 3.05) is 13.7 Å². The van der Waals surface area contributed by atoms with Crippen LogP contribution in [0.1, 0.15) is 0 Å². The molecule has 0 radical (unpaired) electrons. The molecule has 0 saturated carbocycles. The summed E-state index contributed by atoms with van der Waals surface area (Å²) in [6, 6.07) is 7.52. The summed E-state index contributed by atoms with van der Waals surface area (Å²) in [4.78, 5) is 20.6. The molecule has 0 aliphatic rings. The van der Waals surface area contributed by atoms with Crippen LogP contribution in [0, 0.1) is 0 Å². The highest BCUT2D eigenvalue weighted by atomic mass is 35.5. The summed E-state index contributed by atoms with van der Waals surface area (Å²) in [6.45, 7) is -0.0848. The van der Waals surface area contributed by atoms with E-state index < -0.39 is 0 Å². The number of likely N-dealkylation sites (N-methyl/N-ethyl adjacent to an activating group) is 1. The van der Waals surface area contributed by atoms with E-state index in [1.807, 2.05) is 29.6 Å². The highest BCUT2D eigenvalue weighted by Crippen LogP contribution is 2.37. The molecule has 0 atom stereocenters. The summed E-state index contributed by atoms with van der Waals surface area (Å²) in [7, 11) is 1.56. The molecule has 1 amide bonds. The third kappa shape index (κ3) is 2.88. The Balaban J connectivity index is 2.04. The number of ether oxygens (including phenoxy) is 1. The van der Waals surface area contributed by atoms with Crippen molar-refractivity contribution < 1.29 is 9.53 Å². The first-order valence-electron chi connectivity index (χ1n) is 6.50. The van der Waals surface area contributed by atoms with Crippen molar-refractivity contribution in [3.05, 3.63) is 41.0 Å². The van der Waals surface area contributed by atoms with E-state index in [1.54, 1.807) is 7.05 Å². The van der Waals surface area contributed by atoms with Crippen LogP contribution in [0.15, 0.2) is 36.0 Å². The summed E-state index contributed by atoms with van der Waals surface area (Å²) in [5.74, 6) is 0.190. The number of rotatable bonds is 4. The molecule has 0 fully saturated rings. The fourth-order valence-corrected chi connectivity index (χ4v) is 3.04. The van der Waals surface area contributed by atoms with Gasteiger partial charge in [-0.05, 0) is 17.7 Å². The summed E-state index contributed by atoms with van der Waals surface area (Å²) in [6.07, 6.45) is 1.43. The molecule has 0 saturated heterocycles. The quantitative estimate of drug-likeness (QED) is 0.796. The van der Waals surface area contributed by atoms with Crippen LogP contribution in [-0.2, 0) is 4.79 Å². The Morgan fingerprint density at radius 1 is 1.32 bits per heavy atom. The number of fused-ring (bicyclic) bond motifs is 1. The average molecular weight is 334 g/mol. The van der Waals surface area contributed by atoms with Crippen LogP contribution in [0.4, 0.5) is 0 Å². The number of carbonyl (C=O) groups is 1. The summed E-state index contributed by atoms with van der Waals surface area (Å²) in [5, 5.41) is 5.99. The van der Waals surface area contributed by atoms with Crippen LogP contribution in [0.3, 0.4) is 0 Å². The van der Waals surface area contributed by atoms with E-state index in [1.165, 1.54) is 17.7 Å². The third-order valence-electron chi connectivity index (χ3n) is 3.11. The number of nitrogens with zero attached hydrogens (tertiary/aromatic N) is 2. The standard InChI is InChI=1S/C15H12ClN3O2S/c1-17-12(20)6-21-14-13-11(7-22-15(13)19-8-18-14)9-2-4-10(16)5-3-9/h2-5,7-8H,6H2,1H3,(H,17,20). The molecule has 0 unspecified atom stereocenters. The lowest BCUT2D eigenvalue weighted by Crippen LogP contribution is -2.25. The molecule has 0 aliphatic heterocycles. The van der Waals surface area contributed by atoms with Crippen molar-refractivity contribution in [2.24, 2.45) is 0 Å². The second kappa shape index (κ2) is 6.29. The van der Waals surface area contributed by atoms with Crippen molar-refractivity contribution in [1.82, 2.24) is 15.3 Å². The van der Waals surface area contributed by atoms with E-state index in [2.05, 4.69) is 15.3 Å². The van der Waals surface area contributed by atoms with E-state index in [-0.39, 0.29) is 12.5 Å². The Labute approximate surface area is 135 Å². The maximum Gasteiger partial charge on any atom is 0.257 e. The first-order chi connectivity index (χ1) is 10.7. The zero-order valence-electron chi connectivity index (χ0n) is 11.7. The predicted octanol–water partition coefficient (Wildman–Crippen LogP) is 3.14. The minimum Gasteiger partial charge on any atom is -0.467 e. The Morgan fingerprint density at radius 2 is 2.09 bits per heavy atom. The van der Waals surface area contributed by atoms with Gasteiger partial charge in [0.15, 0.2) is 6.61 Å². The molecule has 2 heterocycles. The molecule has 3 rings (SSSR count). The Morgan fingerprint density at radius 3 is 2.82 bits per heavy atom. The number of benzene rings is 1. The van der Waals surface area contributed by atoms with Crippen LogP contribution >= 0.6 is 22.9 Å². The topological polar surface area (TPSA) is 64.1 Å². The molecule has 112 valence electrons. The number of amides is 1. The van der Waals surface area contributed by atoms with Crippen LogP contribution in [0.2, 0.25) is 5.02 Å². The average Bonchev–Trinajstić information content (AvgIpc) is 2.98. The highest BCUT2D eigenvalue weighted by Gasteiger charge is 2.15. The van der Waals surface area contributed by atoms with Crippen molar-refractivity contribution in [2.45, 2.75) is 0 Å². The molecular weight excluding hydrogens is 322 g/mol. The Hall–Kier alpha value is -2.18. The van der Waals surface area contributed by atoms with Gasteiger partial charge in [-0.25, -0.2) is 9.97 Å². The van der Waals surface area contributed by atoms with Gasteiger partial charge in [0, 0.05) is 23.0 Å². The van der Waals surface area contributed by atoms with Gasteiger partial charge in [-0.3, -0.25) is 4.79 Å². The molecule has 0 bridgehead atoms. The smallest absolute Gasteiger partial charge is 0.257 e. The second-order valence-corrected chi connectivity index (χ2v) is 5.77. The van der Waals surface area contributed by atoms with E-state index in [0.29, 0.717) is 10.9 Å². The molecule has 1 N–H and O–H groups in total. The Bertz CT molecular complexity index is 817. The second-order valence-electron chi connectivity index (χ2n) is 4.48. The van der Waals surface area contributed by atoms with Gasteiger partial charge in [0.25, 0.3) is 5.91 Å². The monoisotopic (exact) mass is 333 g/mol. The van der Waals surface area contributed by atoms with Gasteiger partial charge in [-0.2, -0.15) is 0 Å². The lowest BCUT2D eigenvalue weighted by Gasteiger charge is -2.07. The van der Waals surface area contributed by atoms with Crippen molar-refractivity contribution >= 4 is 39.1 Å². The molecule has 2 aromatic heterocycles. The third-order valence-corrected chi connectivity index (χ3v) is 4.25. The maximum absolute atomic E-state index is 11.4. The number of hydrogen-bond donors (Lipinski definition) is 1. The highest BCUT2D eigenvalue weighted by molar-refractivity contribution is 7.17. The SMILES string of the molecule is CNC(=O)COc1ncnc2scc(-c3ccc(Cl)cc3)c12. The minimum atomic E-state index is -0.213. The van der Waals surface area contributed by atoms with Crippen LogP contribution in [0.5, 0.6) is 5.88 Å². The van der Waals surface area contributed by atoms with Gasteiger partial charge in [0.05, 0.1) is 5.39 Å². The summed E-state index contributed by atoms with van der Waals surface area (Å²) in [5.41, 5.74) is 1.96. The lowest BCUT2D eigenvalue weighted by atomic mass is 10.1. The van der Waals surface area contributed by atoms with E-state index in [9.17, 15) is 4.79 Å². The Kier molecular flexibility index (Phi) is 4.22. The first-order valence-corrected chi connectivity index (χ1v) is 7.76. The van der Waals surface area contributed by atoms with Gasteiger partial charge >= 0.3 is 0 Å². The van der Waals surface area contributed by atoms with Crippen LogP contribution in [-0.4, -0.2) is 29.5 Å². The first kappa shape index (κ1) is 14.7. The summed E-state index contributed by atoms with van der Waals surface area (Å²) >= 11 is 7.43. The molecule has 7 heteroatoms. The van der Waals surface area contributed by atoms with Gasteiger partial charge in [0.2, 0.25) is 5.88 Å². The normalized spacial score (nSPS) is 10.6. The molecule has 3 aromatic rings. The van der Waals surface area contributed by atoms with Crippen LogP contribution < -0.4 is 10.1 Å². The fourth-order valence-electron chi connectivity index (χ4n) is 2.01. The number of thiophene rings is 1. The summed E-state index contributed by atoms with van der Waals surface area (Å²) < 4.78 is 5.53.